The second-order valence-electron chi connectivity index (χ2n) is 3.97. The minimum atomic E-state index is -0.587. The predicted octanol–water partition coefficient (Wildman–Crippen LogP) is 4.67. The molecule has 0 aliphatic carbocycles. The Morgan fingerprint density at radius 1 is 1.15 bits per heavy atom. The summed E-state index contributed by atoms with van der Waals surface area (Å²) in [5, 5.41) is 12.1. The molecule has 0 atom stereocenters. The lowest BCUT2D eigenvalue weighted by atomic mass is 10.2. The van der Waals surface area contributed by atoms with Crippen molar-refractivity contribution in [3.63, 3.8) is 0 Å². The van der Waals surface area contributed by atoms with Crippen molar-refractivity contribution in [2.24, 2.45) is 0 Å². The maximum atomic E-state index is 11.7. The van der Waals surface area contributed by atoms with Gasteiger partial charge in [-0.3, -0.25) is 5.32 Å². The van der Waals surface area contributed by atoms with E-state index in [1.807, 2.05) is 30.3 Å². The Kier molecular flexibility index (Phi) is 5.03. The van der Waals surface area contributed by atoms with Crippen molar-refractivity contribution < 1.29 is 14.6 Å². The molecule has 2 aromatic carbocycles. The third-order valence-electron chi connectivity index (χ3n) is 2.49. The molecule has 0 aliphatic rings. The molecule has 0 bridgehead atoms. The zero-order valence-corrected chi connectivity index (χ0v) is 13.4. The summed E-state index contributed by atoms with van der Waals surface area (Å²) in [4.78, 5) is 11.7. The fourth-order valence-electron chi connectivity index (χ4n) is 1.50. The van der Waals surface area contributed by atoms with E-state index in [4.69, 9.17) is 4.74 Å². The van der Waals surface area contributed by atoms with Crippen LogP contribution in [0.2, 0.25) is 0 Å². The van der Waals surface area contributed by atoms with Gasteiger partial charge in [0.25, 0.3) is 0 Å². The van der Waals surface area contributed by atoms with Crippen LogP contribution in [0, 0.1) is 0 Å². The van der Waals surface area contributed by atoms with Crippen LogP contribution in [-0.2, 0) is 11.3 Å². The van der Waals surface area contributed by atoms with Crippen molar-refractivity contribution in [2.75, 3.05) is 5.32 Å². The Balaban J connectivity index is 1.97. The van der Waals surface area contributed by atoms with Crippen LogP contribution in [0.25, 0.3) is 0 Å². The summed E-state index contributed by atoms with van der Waals surface area (Å²) in [6.07, 6.45) is -0.587. The van der Waals surface area contributed by atoms with Crippen LogP contribution in [-0.4, -0.2) is 11.2 Å². The topological polar surface area (TPSA) is 58.6 Å². The molecule has 2 N–H and O–H groups in total. The fraction of sp³-hybridized carbons (Fsp3) is 0.0714. The molecule has 104 valence electrons. The molecule has 0 aromatic heterocycles. The number of amides is 1. The first-order chi connectivity index (χ1) is 9.56. The lowest BCUT2D eigenvalue weighted by Crippen LogP contribution is -2.13. The summed E-state index contributed by atoms with van der Waals surface area (Å²) in [5.41, 5.74) is 1.34. The second kappa shape index (κ2) is 6.76. The number of anilines is 1. The number of nitrogens with one attached hydrogen (secondary N) is 1. The van der Waals surface area contributed by atoms with Gasteiger partial charge in [0, 0.05) is 10.5 Å². The molecule has 0 aliphatic heterocycles. The number of hydrogen-bond donors (Lipinski definition) is 2. The van der Waals surface area contributed by atoms with Crippen molar-refractivity contribution >= 4 is 43.6 Å². The van der Waals surface area contributed by atoms with Gasteiger partial charge in [-0.1, -0.05) is 30.3 Å². The summed E-state index contributed by atoms with van der Waals surface area (Å²) in [6, 6.07) is 12.5. The highest BCUT2D eigenvalue weighted by Gasteiger charge is 2.10. The van der Waals surface area contributed by atoms with E-state index in [9.17, 15) is 9.90 Å². The maximum absolute atomic E-state index is 11.7. The highest BCUT2D eigenvalue weighted by molar-refractivity contribution is 9.11. The lowest BCUT2D eigenvalue weighted by molar-refractivity contribution is 0.155. The van der Waals surface area contributed by atoms with E-state index in [0.29, 0.717) is 14.6 Å². The van der Waals surface area contributed by atoms with Gasteiger partial charge < -0.3 is 9.84 Å². The first kappa shape index (κ1) is 14.9. The molecular formula is C14H11Br2NO3. The third-order valence-corrected chi connectivity index (χ3v) is 3.78. The van der Waals surface area contributed by atoms with Crippen LogP contribution in [0.15, 0.2) is 51.4 Å². The number of aromatic hydroxyl groups is 1. The summed E-state index contributed by atoms with van der Waals surface area (Å²) >= 11 is 6.48. The minimum absolute atomic E-state index is 0.0339. The number of phenolic OH excluding ortho intramolecular Hbond substituents is 1. The van der Waals surface area contributed by atoms with Crippen molar-refractivity contribution in [1.82, 2.24) is 0 Å². The zero-order valence-electron chi connectivity index (χ0n) is 10.3. The van der Waals surface area contributed by atoms with E-state index in [-0.39, 0.29) is 12.4 Å². The summed E-state index contributed by atoms with van der Waals surface area (Å²) < 4.78 is 6.27. The fourth-order valence-corrected chi connectivity index (χ4v) is 2.60. The van der Waals surface area contributed by atoms with Gasteiger partial charge in [-0.25, -0.2) is 4.79 Å². The highest BCUT2D eigenvalue weighted by Crippen LogP contribution is 2.33. The number of benzene rings is 2. The normalized spacial score (nSPS) is 10.1. The van der Waals surface area contributed by atoms with Gasteiger partial charge in [-0.15, -0.1) is 0 Å². The molecule has 0 saturated carbocycles. The van der Waals surface area contributed by atoms with Crippen molar-refractivity contribution in [3.05, 3.63) is 57.0 Å². The monoisotopic (exact) mass is 399 g/mol. The van der Waals surface area contributed by atoms with Crippen LogP contribution in [0.3, 0.4) is 0 Å². The minimum Gasteiger partial charge on any atom is -0.507 e. The second-order valence-corrected chi connectivity index (χ2v) is 5.68. The van der Waals surface area contributed by atoms with Gasteiger partial charge in [-0.2, -0.15) is 0 Å². The number of hydrogen-bond acceptors (Lipinski definition) is 3. The highest BCUT2D eigenvalue weighted by atomic mass is 79.9. The molecule has 4 nitrogen and oxygen atoms in total. The van der Waals surface area contributed by atoms with Gasteiger partial charge in [0.15, 0.2) is 0 Å². The third kappa shape index (κ3) is 3.98. The van der Waals surface area contributed by atoms with E-state index in [0.717, 1.165) is 5.56 Å². The van der Waals surface area contributed by atoms with E-state index < -0.39 is 6.09 Å². The molecule has 0 fully saturated rings. The zero-order chi connectivity index (χ0) is 14.5. The molecule has 0 unspecified atom stereocenters. The Morgan fingerprint density at radius 3 is 2.55 bits per heavy atom. The van der Waals surface area contributed by atoms with Crippen LogP contribution < -0.4 is 5.32 Å². The van der Waals surface area contributed by atoms with Crippen molar-refractivity contribution in [3.8, 4) is 5.75 Å². The van der Waals surface area contributed by atoms with Gasteiger partial charge >= 0.3 is 6.09 Å². The van der Waals surface area contributed by atoms with Crippen LogP contribution in [0.4, 0.5) is 10.5 Å². The number of carbonyl (C=O) groups is 1. The maximum Gasteiger partial charge on any atom is 0.411 e. The molecule has 0 radical (unpaired) electrons. The average molecular weight is 401 g/mol. The number of carbonyl (C=O) groups excluding carboxylic acids is 1. The van der Waals surface area contributed by atoms with E-state index in [2.05, 4.69) is 37.2 Å². The quantitative estimate of drug-likeness (QED) is 0.787. The summed E-state index contributed by atoms with van der Waals surface area (Å²) in [5.74, 6) is 0.0339. The largest absolute Gasteiger partial charge is 0.507 e. The Hall–Kier alpha value is -1.53. The van der Waals surface area contributed by atoms with Gasteiger partial charge in [-0.05, 0) is 43.5 Å². The Morgan fingerprint density at radius 2 is 1.85 bits per heavy atom. The first-order valence-electron chi connectivity index (χ1n) is 5.72. The van der Waals surface area contributed by atoms with E-state index >= 15 is 0 Å². The molecule has 2 rings (SSSR count). The number of phenols is 1. The number of halogens is 2. The smallest absolute Gasteiger partial charge is 0.411 e. The average Bonchev–Trinajstić information content (AvgIpc) is 2.44. The number of ether oxygens (including phenoxy) is 1. The molecular weight excluding hydrogens is 390 g/mol. The van der Waals surface area contributed by atoms with Crippen LogP contribution in [0.1, 0.15) is 5.56 Å². The van der Waals surface area contributed by atoms with Gasteiger partial charge in [0.2, 0.25) is 0 Å². The molecule has 1 amide bonds. The Labute approximate surface area is 133 Å². The molecule has 0 spiro atoms. The summed E-state index contributed by atoms with van der Waals surface area (Å²) in [7, 11) is 0. The van der Waals surface area contributed by atoms with E-state index in [1.54, 1.807) is 6.07 Å². The summed E-state index contributed by atoms with van der Waals surface area (Å²) in [6.45, 7) is 0.187. The van der Waals surface area contributed by atoms with Gasteiger partial charge in [0.05, 0.1) is 10.2 Å². The van der Waals surface area contributed by atoms with Gasteiger partial charge in [0.1, 0.15) is 12.4 Å². The number of rotatable bonds is 3. The first-order valence-corrected chi connectivity index (χ1v) is 7.30. The van der Waals surface area contributed by atoms with Crippen molar-refractivity contribution in [2.45, 2.75) is 6.61 Å². The standard InChI is InChI=1S/C14H11Br2NO3/c15-10-6-11(16)13(18)7-12(10)17-14(19)20-8-9-4-2-1-3-5-9/h1-7,18H,8H2,(H,17,19). The SMILES string of the molecule is O=C(Nc1cc(O)c(Br)cc1Br)OCc1ccccc1. The predicted molar refractivity (Wildman–Crippen MR) is 83.8 cm³/mol. The molecule has 20 heavy (non-hydrogen) atoms. The lowest BCUT2D eigenvalue weighted by Gasteiger charge is -2.10. The Bertz CT molecular complexity index is 617. The van der Waals surface area contributed by atoms with Crippen molar-refractivity contribution in [1.29, 1.82) is 0 Å². The van der Waals surface area contributed by atoms with Crippen LogP contribution >= 0.6 is 31.9 Å². The molecule has 6 heteroatoms. The van der Waals surface area contributed by atoms with Crippen LogP contribution in [0.5, 0.6) is 5.75 Å². The molecule has 0 heterocycles. The molecule has 0 saturated heterocycles. The molecule has 2 aromatic rings. The van der Waals surface area contributed by atoms with E-state index in [1.165, 1.54) is 6.07 Å².